The summed E-state index contributed by atoms with van der Waals surface area (Å²) in [6.45, 7) is 0. The lowest BCUT2D eigenvalue weighted by molar-refractivity contribution is 0.601. The summed E-state index contributed by atoms with van der Waals surface area (Å²) in [6, 6.07) is 4.90. The summed E-state index contributed by atoms with van der Waals surface area (Å²) in [5.74, 6) is -0.0504. The Labute approximate surface area is 120 Å². The number of rotatable bonds is 3. The van der Waals surface area contributed by atoms with Crippen LogP contribution in [-0.2, 0) is 17.1 Å². The van der Waals surface area contributed by atoms with E-state index < -0.39 is 10.0 Å². The minimum Gasteiger partial charge on any atom is -0.381 e. The summed E-state index contributed by atoms with van der Waals surface area (Å²) < 4.78 is 28.4. The lowest BCUT2D eigenvalue weighted by Crippen LogP contribution is -2.13. The van der Waals surface area contributed by atoms with Crippen molar-refractivity contribution in [2.24, 2.45) is 7.05 Å². The first-order chi connectivity index (χ1) is 9.95. The number of hydrogen-bond acceptors (Lipinski definition) is 6. The fourth-order valence-electron chi connectivity index (χ4n) is 1.93. The smallest absolute Gasteiger partial charge is 0.267 e. The Morgan fingerprint density at radius 1 is 1.19 bits per heavy atom. The van der Waals surface area contributed by atoms with Crippen LogP contribution in [0.4, 0.5) is 11.5 Å². The van der Waals surface area contributed by atoms with Gasteiger partial charge in [0.05, 0.1) is 16.7 Å². The van der Waals surface area contributed by atoms with Gasteiger partial charge in [-0.05, 0) is 18.2 Å². The van der Waals surface area contributed by atoms with Crippen LogP contribution in [0.3, 0.4) is 0 Å². The van der Waals surface area contributed by atoms with Gasteiger partial charge in [0.25, 0.3) is 10.0 Å². The molecule has 0 aliphatic rings. The Balaban J connectivity index is 1.99. The third-order valence-corrected chi connectivity index (χ3v) is 4.23. The predicted molar refractivity (Wildman–Crippen MR) is 78.0 cm³/mol. The zero-order chi connectivity index (χ0) is 15.0. The average molecular weight is 304 g/mol. The molecule has 0 spiro atoms. The standard InChI is InChI=1S/C12H12N6O2S/c1-18-7-11(12(13)16-18)21(19,20)17-8-2-3-9-10(6-8)15-5-4-14-9/h2-7,17H,1H3,(H2,13,16). The summed E-state index contributed by atoms with van der Waals surface area (Å²) in [7, 11) is -2.20. The first-order valence-corrected chi connectivity index (χ1v) is 7.47. The highest BCUT2D eigenvalue weighted by Crippen LogP contribution is 2.21. The highest BCUT2D eigenvalue weighted by atomic mass is 32.2. The van der Waals surface area contributed by atoms with Gasteiger partial charge in [0.15, 0.2) is 5.82 Å². The zero-order valence-corrected chi connectivity index (χ0v) is 11.9. The molecular formula is C12H12N6O2S. The van der Waals surface area contributed by atoms with Crippen molar-refractivity contribution in [3.05, 3.63) is 36.8 Å². The molecule has 3 rings (SSSR count). The van der Waals surface area contributed by atoms with E-state index in [0.29, 0.717) is 16.7 Å². The maximum atomic E-state index is 12.3. The number of hydrogen-bond donors (Lipinski definition) is 2. The molecule has 3 aromatic rings. The van der Waals surface area contributed by atoms with Crippen LogP contribution in [-0.4, -0.2) is 28.2 Å². The summed E-state index contributed by atoms with van der Waals surface area (Å²) in [5.41, 5.74) is 7.26. The Hall–Kier alpha value is -2.68. The summed E-state index contributed by atoms with van der Waals surface area (Å²) in [6.07, 6.45) is 4.46. The van der Waals surface area contributed by atoms with Gasteiger partial charge in [-0.15, -0.1) is 0 Å². The van der Waals surface area contributed by atoms with Crippen molar-refractivity contribution >= 4 is 32.6 Å². The molecule has 1 aromatic carbocycles. The SMILES string of the molecule is Cn1cc(S(=O)(=O)Nc2ccc3nccnc3c2)c(N)n1. The van der Waals surface area contributed by atoms with Gasteiger partial charge in [-0.3, -0.25) is 19.4 Å². The molecule has 0 radical (unpaired) electrons. The number of nitrogens with zero attached hydrogens (tertiary/aromatic N) is 4. The topological polar surface area (TPSA) is 116 Å². The van der Waals surface area contributed by atoms with E-state index in [0.717, 1.165) is 0 Å². The molecule has 9 heteroatoms. The van der Waals surface area contributed by atoms with Crippen LogP contribution in [0.25, 0.3) is 11.0 Å². The summed E-state index contributed by atoms with van der Waals surface area (Å²) >= 11 is 0. The molecule has 2 aromatic heterocycles. The van der Waals surface area contributed by atoms with Gasteiger partial charge >= 0.3 is 0 Å². The minimum atomic E-state index is -3.80. The Bertz CT molecular complexity index is 918. The normalized spacial score (nSPS) is 11.7. The van der Waals surface area contributed by atoms with E-state index >= 15 is 0 Å². The second-order valence-corrected chi connectivity index (χ2v) is 6.07. The Morgan fingerprint density at radius 3 is 2.57 bits per heavy atom. The molecule has 0 saturated carbocycles. The summed E-state index contributed by atoms with van der Waals surface area (Å²) in [5, 5.41) is 3.82. The van der Waals surface area contributed by atoms with E-state index in [-0.39, 0.29) is 10.7 Å². The van der Waals surface area contributed by atoms with Crippen molar-refractivity contribution in [1.82, 2.24) is 19.7 Å². The van der Waals surface area contributed by atoms with E-state index in [1.807, 2.05) is 0 Å². The lowest BCUT2D eigenvalue weighted by atomic mass is 10.3. The third-order valence-electron chi connectivity index (χ3n) is 2.83. The molecule has 0 aliphatic carbocycles. The molecule has 0 unspecified atom stereocenters. The molecule has 0 atom stereocenters. The number of nitrogen functional groups attached to an aromatic ring is 1. The van der Waals surface area contributed by atoms with Crippen molar-refractivity contribution in [2.45, 2.75) is 4.90 Å². The number of benzene rings is 1. The number of nitrogens with two attached hydrogens (primary N) is 1. The molecule has 0 aliphatic heterocycles. The van der Waals surface area contributed by atoms with Gasteiger partial charge in [0.2, 0.25) is 0 Å². The number of aromatic nitrogens is 4. The first-order valence-electron chi connectivity index (χ1n) is 5.98. The monoisotopic (exact) mass is 304 g/mol. The first kappa shape index (κ1) is 13.3. The van der Waals surface area contributed by atoms with Crippen LogP contribution in [0.5, 0.6) is 0 Å². The molecule has 0 bridgehead atoms. The van der Waals surface area contributed by atoms with Gasteiger partial charge in [-0.1, -0.05) is 0 Å². The molecule has 2 heterocycles. The minimum absolute atomic E-state index is 0.0504. The predicted octanol–water partition coefficient (Wildman–Crippen LogP) is 0.746. The van der Waals surface area contributed by atoms with Crippen molar-refractivity contribution < 1.29 is 8.42 Å². The molecule has 8 nitrogen and oxygen atoms in total. The Morgan fingerprint density at radius 2 is 1.90 bits per heavy atom. The van der Waals surface area contributed by atoms with Crippen LogP contribution < -0.4 is 10.5 Å². The second kappa shape index (κ2) is 4.70. The van der Waals surface area contributed by atoms with Crippen LogP contribution in [0, 0.1) is 0 Å². The molecule has 108 valence electrons. The fraction of sp³-hybridized carbons (Fsp3) is 0.0833. The van der Waals surface area contributed by atoms with Crippen LogP contribution in [0.15, 0.2) is 41.7 Å². The number of aryl methyl sites for hydroxylation is 1. The molecule has 0 fully saturated rings. The summed E-state index contributed by atoms with van der Waals surface area (Å²) in [4.78, 5) is 8.18. The van der Waals surface area contributed by atoms with E-state index in [9.17, 15) is 8.42 Å². The van der Waals surface area contributed by atoms with Crippen molar-refractivity contribution in [1.29, 1.82) is 0 Å². The van der Waals surface area contributed by atoms with Gasteiger partial charge in [0.1, 0.15) is 4.90 Å². The van der Waals surface area contributed by atoms with E-state index in [4.69, 9.17) is 5.73 Å². The van der Waals surface area contributed by atoms with E-state index in [1.54, 1.807) is 37.6 Å². The quantitative estimate of drug-likeness (QED) is 0.737. The lowest BCUT2D eigenvalue weighted by Gasteiger charge is -2.07. The fourth-order valence-corrected chi connectivity index (χ4v) is 3.08. The van der Waals surface area contributed by atoms with Crippen LogP contribution in [0.2, 0.25) is 0 Å². The molecule has 21 heavy (non-hydrogen) atoms. The van der Waals surface area contributed by atoms with E-state index in [2.05, 4.69) is 19.8 Å². The van der Waals surface area contributed by atoms with Gasteiger partial charge in [0, 0.05) is 25.6 Å². The maximum absolute atomic E-state index is 12.3. The number of nitrogens with one attached hydrogen (secondary N) is 1. The highest BCUT2D eigenvalue weighted by Gasteiger charge is 2.20. The molecule has 0 saturated heterocycles. The van der Waals surface area contributed by atoms with Gasteiger partial charge in [-0.2, -0.15) is 5.10 Å². The second-order valence-electron chi connectivity index (χ2n) is 4.42. The average Bonchev–Trinajstić information content (AvgIpc) is 2.78. The van der Waals surface area contributed by atoms with Crippen LogP contribution >= 0.6 is 0 Å². The van der Waals surface area contributed by atoms with Crippen molar-refractivity contribution in [3.8, 4) is 0 Å². The van der Waals surface area contributed by atoms with Gasteiger partial charge < -0.3 is 5.73 Å². The largest absolute Gasteiger partial charge is 0.381 e. The number of fused-ring (bicyclic) bond motifs is 1. The van der Waals surface area contributed by atoms with E-state index in [1.165, 1.54) is 10.9 Å². The number of sulfonamides is 1. The van der Waals surface area contributed by atoms with Crippen LogP contribution in [0.1, 0.15) is 0 Å². The maximum Gasteiger partial charge on any atom is 0.267 e. The zero-order valence-electron chi connectivity index (χ0n) is 11.1. The molecule has 0 amide bonds. The van der Waals surface area contributed by atoms with Crippen molar-refractivity contribution in [3.63, 3.8) is 0 Å². The Kier molecular flexibility index (Phi) is 2.98. The van der Waals surface area contributed by atoms with Gasteiger partial charge in [-0.25, -0.2) is 8.42 Å². The third kappa shape index (κ3) is 2.50. The highest BCUT2D eigenvalue weighted by molar-refractivity contribution is 7.92. The molecular weight excluding hydrogens is 292 g/mol. The molecule has 3 N–H and O–H groups in total. The number of anilines is 2. The van der Waals surface area contributed by atoms with Crippen molar-refractivity contribution in [2.75, 3.05) is 10.5 Å².